The van der Waals surface area contributed by atoms with Crippen molar-refractivity contribution >= 4 is 17.9 Å². The first-order valence-electron chi connectivity index (χ1n) is 35.8. The topological polar surface area (TPSA) is 78.9 Å². The summed E-state index contributed by atoms with van der Waals surface area (Å²) in [6.45, 7) is 6.72. The van der Waals surface area contributed by atoms with E-state index in [0.717, 1.165) is 64.2 Å². The highest BCUT2D eigenvalue weighted by Crippen LogP contribution is 2.19. The number of allylic oxidation sites excluding steroid dienone is 4. The number of rotatable bonds is 67. The molecule has 0 saturated carbocycles. The van der Waals surface area contributed by atoms with E-state index in [9.17, 15) is 14.4 Å². The van der Waals surface area contributed by atoms with Crippen LogP contribution in [0, 0.1) is 0 Å². The molecule has 466 valence electrons. The molecule has 0 aliphatic carbocycles. The third kappa shape index (κ3) is 66.6. The Hall–Kier alpha value is -2.11. The average Bonchev–Trinajstić information content (AvgIpc) is 3.45. The van der Waals surface area contributed by atoms with E-state index in [2.05, 4.69) is 45.1 Å². The van der Waals surface area contributed by atoms with Gasteiger partial charge in [0.15, 0.2) is 6.10 Å². The lowest BCUT2D eigenvalue weighted by molar-refractivity contribution is -0.167. The van der Waals surface area contributed by atoms with Crippen molar-refractivity contribution in [1.82, 2.24) is 0 Å². The molecule has 0 aliphatic heterocycles. The second kappa shape index (κ2) is 68.4. The summed E-state index contributed by atoms with van der Waals surface area (Å²) >= 11 is 0. The highest BCUT2D eigenvalue weighted by molar-refractivity contribution is 5.71. The van der Waals surface area contributed by atoms with E-state index in [1.54, 1.807) is 0 Å². The number of hydrogen-bond acceptors (Lipinski definition) is 6. The molecule has 0 rings (SSSR count). The minimum absolute atomic E-state index is 0.0630. The minimum atomic E-state index is -0.766. The van der Waals surface area contributed by atoms with Crippen LogP contribution in [-0.4, -0.2) is 37.2 Å². The zero-order chi connectivity index (χ0) is 57.1. The first-order chi connectivity index (χ1) is 39.0. The lowest BCUT2D eigenvalue weighted by atomic mass is 10.0. The predicted octanol–water partition coefficient (Wildman–Crippen LogP) is 24.6. The number of ether oxygens (including phenoxy) is 3. The van der Waals surface area contributed by atoms with E-state index in [0.29, 0.717) is 19.3 Å². The summed E-state index contributed by atoms with van der Waals surface area (Å²) in [6, 6.07) is 0. The molecule has 0 fully saturated rings. The molecule has 0 amide bonds. The third-order valence-electron chi connectivity index (χ3n) is 16.5. The molecule has 0 radical (unpaired) electrons. The number of carbonyl (C=O) groups is 3. The Morgan fingerprint density at radius 1 is 0.253 bits per heavy atom. The van der Waals surface area contributed by atoms with Crippen LogP contribution in [0.1, 0.15) is 406 Å². The highest BCUT2D eigenvalue weighted by atomic mass is 16.6. The fraction of sp³-hybridized carbons (Fsp3) is 0.904. The van der Waals surface area contributed by atoms with Crippen molar-refractivity contribution in [3.05, 3.63) is 24.3 Å². The van der Waals surface area contributed by atoms with Gasteiger partial charge in [-0.05, 0) is 51.4 Å². The molecule has 0 N–H and O–H groups in total. The predicted molar refractivity (Wildman–Crippen MR) is 344 cm³/mol. The van der Waals surface area contributed by atoms with Crippen LogP contribution in [0.25, 0.3) is 0 Å². The van der Waals surface area contributed by atoms with E-state index in [1.807, 2.05) is 0 Å². The molecule has 0 aliphatic rings. The zero-order valence-corrected chi connectivity index (χ0v) is 53.7. The van der Waals surface area contributed by atoms with Crippen molar-refractivity contribution in [2.45, 2.75) is 412 Å². The first-order valence-corrected chi connectivity index (χ1v) is 35.8. The van der Waals surface area contributed by atoms with E-state index in [-0.39, 0.29) is 31.1 Å². The Morgan fingerprint density at radius 3 is 0.696 bits per heavy atom. The van der Waals surface area contributed by atoms with E-state index >= 15 is 0 Å². The number of unbranched alkanes of at least 4 members (excludes halogenated alkanes) is 52. The molecule has 0 aromatic heterocycles. The van der Waals surface area contributed by atoms with Crippen LogP contribution in [0.5, 0.6) is 0 Å². The van der Waals surface area contributed by atoms with Crippen molar-refractivity contribution in [2.24, 2.45) is 0 Å². The van der Waals surface area contributed by atoms with Crippen LogP contribution >= 0.6 is 0 Å². The fourth-order valence-electron chi connectivity index (χ4n) is 11.1. The molecule has 0 heterocycles. The molecule has 79 heavy (non-hydrogen) atoms. The molecule has 6 nitrogen and oxygen atoms in total. The van der Waals surface area contributed by atoms with E-state index in [4.69, 9.17) is 14.2 Å². The minimum Gasteiger partial charge on any atom is -0.462 e. The lowest BCUT2D eigenvalue weighted by Crippen LogP contribution is -2.30. The molecule has 0 bridgehead atoms. The Balaban J connectivity index is 4.18. The van der Waals surface area contributed by atoms with Crippen LogP contribution < -0.4 is 0 Å². The van der Waals surface area contributed by atoms with Gasteiger partial charge in [-0.25, -0.2) is 0 Å². The monoisotopic (exact) mass is 1110 g/mol. The average molecular weight is 1110 g/mol. The second-order valence-electron chi connectivity index (χ2n) is 24.5. The quantitative estimate of drug-likeness (QED) is 0.0261. The van der Waals surface area contributed by atoms with Gasteiger partial charge >= 0.3 is 17.9 Å². The normalized spacial score (nSPS) is 12.1. The van der Waals surface area contributed by atoms with Gasteiger partial charge in [0.1, 0.15) is 13.2 Å². The third-order valence-corrected chi connectivity index (χ3v) is 16.5. The van der Waals surface area contributed by atoms with Gasteiger partial charge in [0, 0.05) is 19.3 Å². The first kappa shape index (κ1) is 76.9. The molecule has 0 aromatic carbocycles. The SMILES string of the molecule is CCCCCCC/C=C\C/C=C\CCCCCCCCCCCCCCCCCCCC(=O)OCC(COC(=O)CCCCCCCCCCCCCCCCCC)OC(=O)CCCCCCCCCCCCCCCCCC. The molecule has 0 aromatic rings. The summed E-state index contributed by atoms with van der Waals surface area (Å²) in [4.78, 5) is 38.4. The van der Waals surface area contributed by atoms with Crippen molar-refractivity contribution in [1.29, 1.82) is 0 Å². The molecule has 0 spiro atoms. The molecular weight excluding hydrogens is 973 g/mol. The van der Waals surface area contributed by atoms with Crippen LogP contribution in [0.4, 0.5) is 0 Å². The molecule has 0 saturated heterocycles. The van der Waals surface area contributed by atoms with Gasteiger partial charge in [0.25, 0.3) is 0 Å². The molecular formula is C73H138O6. The maximum atomic E-state index is 12.9. The van der Waals surface area contributed by atoms with Gasteiger partial charge < -0.3 is 14.2 Å². The van der Waals surface area contributed by atoms with Crippen molar-refractivity contribution in [3.63, 3.8) is 0 Å². The second-order valence-corrected chi connectivity index (χ2v) is 24.5. The van der Waals surface area contributed by atoms with E-state index in [1.165, 1.54) is 302 Å². The van der Waals surface area contributed by atoms with Crippen LogP contribution in [0.3, 0.4) is 0 Å². The van der Waals surface area contributed by atoms with Gasteiger partial charge in [-0.3, -0.25) is 14.4 Å². The summed E-state index contributed by atoms with van der Waals surface area (Å²) in [5.41, 5.74) is 0. The van der Waals surface area contributed by atoms with Gasteiger partial charge in [0.2, 0.25) is 0 Å². The maximum absolute atomic E-state index is 12.9. The fourth-order valence-corrected chi connectivity index (χ4v) is 11.1. The Bertz CT molecular complexity index is 1270. The summed E-state index contributed by atoms with van der Waals surface area (Å²) in [5.74, 6) is -0.827. The van der Waals surface area contributed by atoms with Crippen molar-refractivity contribution in [3.8, 4) is 0 Å². The zero-order valence-electron chi connectivity index (χ0n) is 53.7. The Labute approximate surface area is 493 Å². The molecule has 1 atom stereocenters. The summed E-state index contributed by atoms with van der Waals surface area (Å²) in [5, 5.41) is 0. The van der Waals surface area contributed by atoms with E-state index < -0.39 is 6.10 Å². The summed E-state index contributed by atoms with van der Waals surface area (Å²) in [6.07, 6.45) is 83.5. The number of carbonyl (C=O) groups excluding carboxylic acids is 3. The largest absolute Gasteiger partial charge is 0.462 e. The van der Waals surface area contributed by atoms with Crippen molar-refractivity contribution in [2.75, 3.05) is 13.2 Å². The van der Waals surface area contributed by atoms with Crippen molar-refractivity contribution < 1.29 is 28.6 Å². The summed E-state index contributed by atoms with van der Waals surface area (Å²) in [7, 11) is 0. The Kier molecular flexibility index (Phi) is 66.6. The van der Waals surface area contributed by atoms with Crippen LogP contribution in [0.2, 0.25) is 0 Å². The molecule has 6 heteroatoms. The number of hydrogen-bond donors (Lipinski definition) is 0. The van der Waals surface area contributed by atoms with Gasteiger partial charge in [-0.1, -0.05) is 360 Å². The van der Waals surface area contributed by atoms with Gasteiger partial charge in [-0.15, -0.1) is 0 Å². The van der Waals surface area contributed by atoms with Crippen LogP contribution in [0.15, 0.2) is 24.3 Å². The highest BCUT2D eigenvalue weighted by Gasteiger charge is 2.19. The maximum Gasteiger partial charge on any atom is 0.306 e. The standard InChI is InChI=1S/C73H138O6/c1-4-7-10-13-16-19-22-25-28-31-32-33-34-35-36-37-38-39-40-41-42-43-46-48-51-54-57-60-63-66-72(75)78-69-70(79-73(76)67-64-61-58-55-52-49-45-30-27-24-21-18-15-12-9-6-3)68-77-71(74)65-62-59-56-53-50-47-44-29-26-23-20-17-14-11-8-5-2/h22,25,31-32,70H,4-21,23-24,26-30,33-69H2,1-3H3/b25-22-,32-31-. The molecule has 1 unspecified atom stereocenters. The summed E-state index contributed by atoms with van der Waals surface area (Å²) < 4.78 is 17.0. The van der Waals surface area contributed by atoms with Gasteiger partial charge in [-0.2, -0.15) is 0 Å². The van der Waals surface area contributed by atoms with Gasteiger partial charge in [0.05, 0.1) is 0 Å². The number of esters is 3. The lowest BCUT2D eigenvalue weighted by Gasteiger charge is -2.18. The van der Waals surface area contributed by atoms with Crippen LogP contribution in [-0.2, 0) is 28.6 Å². The Morgan fingerprint density at radius 2 is 0.456 bits per heavy atom. The smallest absolute Gasteiger partial charge is 0.306 e.